The van der Waals surface area contributed by atoms with E-state index in [-0.39, 0.29) is 10.7 Å². The van der Waals surface area contributed by atoms with Crippen molar-refractivity contribution in [1.29, 1.82) is 0 Å². The molecule has 0 aliphatic rings. The third-order valence-corrected chi connectivity index (χ3v) is 4.34. The lowest BCUT2D eigenvalue weighted by molar-refractivity contribution is 0.600. The average Bonchev–Trinajstić information content (AvgIpc) is 2.58. The van der Waals surface area contributed by atoms with Crippen LogP contribution in [0.5, 0.6) is 0 Å². The first-order valence-electron chi connectivity index (χ1n) is 5.07. The standard InChI is InChI=1S/C10H11BrN4O2S/c1-6-10(7(2)14-13-6)18(16,17)15-9-5-3-4-8(11)12-9/h3-5H,1-2H3,(H,12,15)(H,13,14). The van der Waals surface area contributed by atoms with Crippen molar-refractivity contribution in [1.82, 2.24) is 15.2 Å². The van der Waals surface area contributed by atoms with E-state index in [0.29, 0.717) is 16.0 Å². The summed E-state index contributed by atoms with van der Waals surface area (Å²) in [6.07, 6.45) is 0. The van der Waals surface area contributed by atoms with Crippen LogP contribution in [-0.2, 0) is 10.0 Å². The highest BCUT2D eigenvalue weighted by Gasteiger charge is 2.22. The van der Waals surface area contributed by atoms with Crippen molar-refractivity contribution in [2.24, 2.45) is 0 Å². The molecule has 0 atom stereocenters. The van der Waals surface area contributed by atoms with E-state index in [1.807, 2.05) is 0 Å². The predicted molar refractivity (Wildman–Crippen MR) is 70.8 cm³/mol. The fourth-order valence-corrected chi connectivity index (χ4v) is 3.31. The number of halogens is 1. The average molecular weight is 331 g/mol. The Morgan fingerprint density at radius 2 is 2.06 bits per heavy atom. The van der Waals surface area contributed by atoms with Gasteiger partial charge in [0.1, 0.15) is 15.3 Å². The maximum absolute atomic E-state index is 12.2. The number of aryl methyl sites for hydroxylation is 2. The first-order chi connectivity index (χ1) is 8.40. The van der Waals surface area contributed by atoms with Crippen molar-refractivity contribution in [3.8, 4) is 0 Å². The molecule has 0 radical (unpaired) electrons. The second-order valence-electron chi connectivity index (χ2n) is 3.71. The van der Waals surface area contributed by atoms with Crippen molar-refractivity contribution in [3.63, 3.8) is 0 Å². The van der Waals surface area contributed by atoms with E-state index in [4.69, 9.17) is 0 Å². The summed E-state index contributed by atoms with van der Waals surface area (Å²) in [5, 5.41) is 6.51. The molecule has 8 heteroatoms. The Bertz CT molecular complexity index is 661. The summed E-state index contributed by atoms with van der Waals surface area (Å²) in [6, 6.07) is 4.99. The molecule has 96 valence electrons. The summed E-state index contributed by atoms with van der Waals surface area (Å²) in [5.41, 5.74) is 0.921. The first kappa shape index (κ1) is 13.0. The highest BCUT2D eigenvalue weighted by atomic mass is 79.9. The van der Waals surface area contributed by atoms with Crippen molar-refractivity contribution in [2.75, 3.05) is 4.72 Å². The number of nitrogens with one attached hydrogen (secondary N) is 2. The van der Waals surface area contributed by atoms with Gasteiger partial charge in [0.15, 0.2) is 0 Å². The van der Waals surface area contributed by atoms with Gasteiger partial charge in [0, 0.05) is 0 Å². The molecule has 18 heavy (non-hydrogen) atoms. The second kappa shape index (κ2) is 4.69. The monoisotopic (exact) mass is 330 g/mol. The fraction of sp³-hybridized carbons (Fsp3) is 0.200. The van der Waals surface area contributed by atoms with Crippen molar-refractivity contribution in [3.05, 3.63) is 34.2 Å². The number of aromatic amines is 1. The van der Waals surface area contributed by atoms with E-state index in [9.17, 15) is 8.42 Å². The van der Waals surface area contributed by atoms with Crippen molar-refractivity contribution < 1.29 is 8.42 Å². The minimum atomic E-state index is -3.68. The molecule has 0 bridgehead atoms. The number of pyridine rings is 1. The molecule has 0 aliphatic carbocycles. The lowest BCUT2D eigenvalue weighted by atomic mass is 10.4. The van der Waals surface area contributed by atoms with Gasteiger partial charge in [0.2, 0.25) is 0 Å². The minimum absolute atomic E-state index is 0.157. The van der Waals surface area contributed by atoms with Crippen LogP contribution in [-0.4, -0.2) is 23.6 Å². The summed E-state index contributed by atoms with van der Waals surface area (Å²) >= 11 is 3.18. The van der Waals surface area contributed by atoms with Gasteiger partial charge in [-0.05, 0) is 41.9 Å². The number of rotatable bonds is 3. The predicted octanol–water partition coefficient (Wildman–Crippen LogP) is 1.98. The molecule has 0 saturated heterocycles. The van der Waals surface area contributed by atoms with Crippen LogP contribution in [0.4, 0.5) is 5.82 Å². The highest BCUT2D eigenvalue weighted by Crippen LogP contribution is 2.20. The summed E-state index contributed by atoms with van der Waals surface area (Å²) in [6.45, 7) is 3.29. The quantitative estimate of drug-likeness (QED) is 0.842. The van der Waals surface area contributed by atoms with Gasteiger partial charge in [-0.2, -0.15) is 5.10 Å². The second-order valence-corrected chi connectivity index (χ2v) is 6.15. The molecule has 2 heterocycles. The van der Waals surface area contributed by atoms with Crippen LogP contribution >= 0.6 is 15.9 Å². The normalized spacial score (nSPS) is 11.5. The van der Waals surface area contributed by atoms with E-state index in [2.05, 4.69) is 35.8 Å². The Labute approximate surface area is 113 Å². The molecule has 0 unspecified atom stereocenters. The van der Waals surface area contributed by atoms with Gasteiger partial charge in [-0.15, -0.1) is 0 Å². The Hall–Kier alpha value is -1.41. The zero-order chi connectivity index (χ0) is 13.3. The molecule has 2 rings (SSSR count). The molecule has 2 N–H and O–H groups in total. The van der Waals surface area contributed by atoms with Crippen LogP contribution in [0.25, 0.3) is 0 Å². The zero-order valence-electron chi connectivity index (χ0n) is 9.73. The van der Waals surface area contributed by atoms with Crippen LogP contribution in [0.15, 0.2) is 27.7 Å². The molecule has 0 saturated carbocycles. The third kappa shape index (κ3) is 2.54. The topological polar surface area (TPSA) is 87.7 Å². The molecule has 0 fully saturated rings. The molecule has 0 aromatic carbocycles. The van der Waals surface area contributed by atoms with Crippen LogP contribution in [0, 0.1) is 13.8 Å². The summed E-state index contributed by atoms with van der Waals surface area (Å²) in [7, 11) is -3.68. The number of hydrogen-bond acceptors (Lipinski definition) is 4. The van der Waals surface area contributed by atoms with Gasteiger partial charge in [-0.25, -0.2) is 13.4 Å². The fourth-order valence-electron chi connectivity index (χ4n) is 1.59. The summed E-state index contributed by atoms with van der Waals surface area (Å²) in [4.78, 5) is 4.18. The number of anilines is 1. The highest BCUT2D eigenvalue weighted by molar-refractivity contribution is 9.10. The summed E-state index contributed by atoms with van der Waals surface area (Å²) in [5.74, 6) is 0.254. The van der Waals surface area contributed by atoms with E-state index in [1.54, 1.807) is 32.0 Å². The number of sulfonamides is 1. The lowest BCUT2D eigenvalue weighted by Crippen LogP contribution is -2.15. The number of aromatic nitrogens is 3. The van der Waals surface area contributed by atoms with Gasteiger partial charge in [0.25, 0.3) is 10.0 Å². The first-order valence-corrected chi connectivity index (χ1v) is 7.35. The number of H-pyrrole nitrogens is 1. The maximum Gasteiger partial charge on any atom is 0.266 e. The molecule has 0 spiro atoms. The van der Waals surface area contributed by atoms with Gasteiger partial charge >= 0.3 is 0 Å². The Morgan fingerprint density at radius 3 is 2.61 bits per heavy atom. The van der Waals surface area contributed by atoms with E-state index in [0.717, 1.165) is 0 Å². The molecular formula is C10H11BrN4O2S. The van der Waals surface area contributed by atoms with E-state index >= 15 is 0 Å². The molecule has 2 aromatic rings. The largest absolute Gasteiger partial charge is 0.281 e. The van der Waals surface area contributed by atoms with Gasteiger partial charge in [-0.3, -0.25) is 9.82 Å². The molecule has 0 aliphatic heterocycles. The van der Waals surface area contributed by atoms with Crippen LogP contribution < -0.4 is 4.72 Å². The Morgan fingerprint density at radius 1 is 1.33 bits per heavy atom. The maximum atomic E-state index is 12.2. The van der Waals surface area contributed by atoms with Crippen LogP contribution in [0.1, 0.15) is 11.4 Å². The smallest absolute Gasteiger partial charge is 0.266 e. The lowest BCUT2D eigenvalue weighted by Gasteiger charge is -2.07. The SMILES string of the molecule is Cc1n[nH]c(C)c1S(=O)(=O)Nc1cccc(Br)n1. The van der Waals surface area contributed by atoms with Crippen LogP contribution in [0.2, 0.25) is 0 Å². The Kier molecular flexibility index (Phi) is 3.40. The third-order valence-electron chi connectivity index (χ3n) is 2.28. The number of nitrogens with zero attached hydrogens (tertiary/aromatic N) is 2. The van der Waals surface area contributed by atoms with Crippen LogP contribution in [0.3, 0.4) is 0 Å². The zero-order valence-corrected chi connectivity index (χ0v) is 12.1. The van der Waals surface area contributed by atoms with Gasteiger partial charge in [-0.1, -0.05) is 6.07 Å². The van der Waals surface area contributed by atoms with Gasteiger partial charge < -0.3 is 0 Å². The van der Waals surface area contributed by atoms with Crippen molar-refractivity contribution in [2.45, 2.75) is 18.7 Å². The molecule has 6 nitrogen and oxygen atoms in total. The minimum Gasteiger partial charge on any atom is -0.281 e. The number of hydrogen-bond donors (Lipinski definition) is 2. The molecule has 0 amide bonds. The molecule has 2 aromatic heterocycles. The Balaban J connectivity index is 2.39. The van der Waals surface area contributed by atoms with E-state index < -0.39 is 10.0 Å². The van der Waals surface area contributed by atoms with Gasteiger partial charge in [0.05, 0.1) is 11.4 Å². The summed E-state index contributed by atoms with van der Waals surface area (Å²) < 4.78 is 27.4. The van der Waals surface area contributed by atoms with Crippen molar-refractivity contribution >= 4 is 31.8 Å². The molecular weight excluding hydrogens is 320 g/mol. The van der Waals surface area contributed by atoms with E-state index in [1.165, 1.54) is 0 Å².